The van der Waals surface area contributed by atoms with Crippen LogP contribution in [0.15, 0.2) is 20.1 Å². The van der Waals surface area contributed by atoms with E-state index >= 15 is 0 Å². The van der Waals surface area contributed by atoms with E-state index in [9.17, 15) is 9.59 Å². The molecule has 0 aliphatic carbocycles. The predicted molar refractivity (Wildman–Crippen MR) is 63.3 cm³/mol. The van der Waals surface area contributed by atoms with Crippen molar-refractivity contribution in [2.45, 2.75) is 20.8 Å². The molecule has 0 saturated carbocycles. The zero-order chi connectivity index (χ0) is 11.4. The highest BCUT2D eigenvalue weighted by molar-refractivity contribution is 8.28. The van der Waals surface area contributed by atoms with E-state index in [0.29, 0.717) is 0 Å². The number of hydrogen-bond acceptors (Lipinski definition) is 5. The zero-order valence-electron chi connectivity index (χ0n) is 8.83. The Kier molecular flexibility index (Phi) is 4.47. The molecular weight excluding hydrogens is 232 g/mol. The molecule has 82 valence electrons. The number of ketones is 1. The molecule has 0 spiro atoms. The molecule has 1 aliphatic heterocycles. The third-order valence-electron chi connectivity index (χ3n) is 1.62. The first-order valence-corrected chi connectivity index (χ1v) is 6.19. The minimum Gasteiger partial charge on any atom is -0.462 e. The van der Waals surface area contributed by atoms with Gasteiger partial charge in [-0.1, -0.05) is 23.5 Å². The minimum atomic E-state index is -0.525. The molecule has 1 heterocycles. The van der Waals surface area contributed by atoms with Crippen LogP contribution in [0.1, 0.15) is 20.8 Å². The van der Waals surface area contributed by atoms with Crippen LogP contribution in [0.4, 0.5) is 0 Å². The Labute approximate surface area is 97.3 Å². The lowest BCUT2D eigenvalue weighted by molar-refractivity contribution is -0.139. The highest BCUT2D eigenvalue weighted by Gasteiger charge is 2.24. The van der Waals surface area contributed by atoms with Crippen molar-refractivity contribution in [1.82, 2.24) is 0 Å². The second kappa shape index (κ2) is 5.42. The number of carbonyl (C=O) groups excluding carboxylic acids is 2. The molecule has 0 bridgehead atoms. The lowest BCUT2D eigenvalue weighted by Crippen LogP contribution is -2.14. The minimum absolute atomic E-state index is 0.167. The van der Waals surface area contributed by atoms with E-state index < -0.39 is 5.97 Å². The smallest absolute Gasteiger partial charge is 0.343 e. The summed E-state index contributed by atoms with van der Waals surface area (Å²) < 4.78 is 5.57. The molecule has 0 aromatic rings. The number of thioether (sulfide) groups is 2. The van der Waals surface area contributed by atoms with Crippen LogP contribution in [0, 0.1) is 0 Å². The second-order valence-electron chi connectivity index (χ2n) is 2.89. The molecule has 0 atom stereocenters. The van der Waals surface area contributed by atoms with Gasteiger partial charge in [0.1, 0.15) is 5.57 Å². The Morgan fingerprint density at radius 1 is 1.47 bits per heavy atom. The van der Waals surface area contributed by atoms with E-state index in [-0.39, 0.29) is 18.0 Å². The van der Waals surface area contributed by atoms with Gasteiger partial charge < -0.3 is 4.74 Å². The van der Waals surface area contributed by atoms with Crippen molar-refractivity contribution in [1.29, 1.82) is 0 Å². The fourth-order valence-electron chi connectivity index (χ4n) is 1.01. The highest BCUT2D eigenvalue weighted by Crippen LogP contribution is 2.45. The summed E-state index contributed by atoms with van der Waals surface area (Å²) in [6.07, 6.45) is 0. The van der Waals surface area contributed by atoms with Crippen molar-refractivity contribution < 1.29 is 14.3 Å². The first-order chi connectivity index (χ1) is 7.06. The van der Waals surface area contributed by atoms with Crippen molar-refractivity contribution in [2.75, 3.05) is 6.61 Å². The summed E-state index contributed by atoms with van der Waals surface area (Å²) >= 11 is 2.84. The van der Waals surface area contributed by atoms with Gasteiger partial charge in [-0.15, -0.1) is 0 Å². The van der Waals surface area contributed by atoms with Crippen LogP contribution >= 0.6 is 23.5 Å². The summed E-state index contributed by atoms with van der Waals surface area (Å²) in [6, 6.07) is 0. The quantitative estimate of drug-likeness (QED) is 0.330. The molecule has 5 heteroatoms. The van der Waals surface area contributed by atoms with Crippen LogP contribution in [0.2, 0.25) is 0 Å². The Morgan fingerprint density at radius 3 is 2.53 bits per heavy atom. The summed E-state index contributed by atoms with van der Waals surface area (Å²) in [5, 5.41) is 1.92. The molecule has 1 rings (SSSR count). The van der Waals surface area contributed by atoms with Crippen molar-refractivity contribution >= 4 is 35.3 Å². The lowest BCUT2D eigenvalue weighted by atomic mass is 10.2. The number of ether oxygens (including phenoxy) is 1. The van der Waals surface area contributed by atoms with Crippen molar-refractivity contribution in [3.63, 3.8) is 0 Å². The molecule has 0 N–H and O–H groups in total. The standard InChI is InChI=1S/C10H12O3S2/c1-4-13-9(12)8(7(3)11)10-14-5-6(2)15-10/h5H,4H2,1-3H3/b10-8-. The average Bonchev–Trinajstić information content (AvgIpc) is 2.51. The number of rotatable bonds is 3. The molecule has 1 aliphatic rings. The molecule has 0 amide bonds. The van der Waals surface area contributed by atoms with Crippen LogP contribution in [-0.2, 0) is 14.3 Å². The van der Waals surface area contributed by atoms with Gasteiger partial charge >= 0.3 is 5.97 Å². The maximum atomic E-state index is 11.5. The van der Waals surface area contributed by atoms with E-state index in [0.717, 1.165) is 9.14 Å². The summed E-state index contributed by atoms with van der Waals surface area (Å²) in [5.74, 6) is -0.769. The van der Waals surface area contributed by atoms with E-state index in [1.54, 1.807) is 6.92 Å². The fourth-order valence-corrected chi connectivity index (χ4v) is 3.32. The third-order valence-corrected chi connectivity index (χ3v) is 4.03. The Bertz CT molecular complexity index is 356. The summed E-state index contributed by atoms with van der Waals surface area (Å²) in [7, 11) is 0. The molecule has 0 unspecified atom stereocenters. The van der Waals surface area contributed by atoms with Gasteiger partial charge in [0.25, 0.3) is 0 Å². The maximum absolute atomic E-state index is 11.5. The van der Waals surface area contributed by atoms with Gasteiger partial charge in [-0.3, -0.25) is 4.79 Å². The lowest BCUT2D eigenvalue weighted by Gasteiger charge is -2.06. The third kappa shape index (κ3) is 3.14. The zero-order valence-corrected chi connectivity index (χ0v) is 10.5. The van der Waals surface area contributed by atoms with E-state index in [2.05, 4.69) is 0 Å². The Balaban J connectivity index is 2.93. The monoisotopic (exact) mass is 244 g/mol. The normalized spacial score (nSPS) is 18.5. The van der Waals surface area contributed by atoms with Crippen molar-refractivity contribution in [3.8, 4) is 0 Å². The Hall–Kier alpha value is -0.680. The first kappa shape index (κ1) is 12.4. The number of hydrogen-bond donors (Lipinski definition) is 0. The molecule has 0 aromatic heterocycles. The largest absolute Gasteiger partial charge is 0.462 e. The molecule has 0 saturated heterocycles. The van der Waals surface area contributed by atoms with Gasteiger partial charge in [0.2, 0.25) is 0 Å². The molecule has 15 heavy (non-hydrogen) atoms. The molecule has 0 radical (unpaired) electrons. The maximum Gasteiger partial charge on any atom is 0.343 e. The first-order valence-electron chi connectivity index (χ1n) is 4.49. The fraction of sp³-hybridized carbons (Fsp3) is 0.400. The molecular formula is C10H12O3S2. The number of Topliss-reactive ketones (excluding diaryl/α,β-unsaturated/α-hetero) is 1. The summed E-state index contributed by atoms with van der Waals surface area (Å²) in [5.41, 5.74) is 0.167. The second-order valence-corrected chi connectivity index (χ2v) is 5.28. The predicted octanol–water partition coefficient (Wildman–Crippen LogP) is 2.69. The highest BCUT2D eigenvalue weighted by atomic mass is 32.2. The average molecular weight is 244 g/mol. The van der Waals surface area contributed by atoms with Crippen molar-refractivity contribution in [2.24, 2.45) is 0 Å². The van der Waals surface area contributed by atoms with Gasteiger partial charge in [-0.25, -0.2) is 4.79 Å². The van der Waals surface area contributed by atoms with E-state index in [1.165, 1.54) is 30.4 Å². The van der Waals surface area contributed by atoms with Gasteiger partial charge in [0.05, 0.1) is 10.8 Å². The molecule has 3 nitrogen and oxygen atoms in total. The van der Waals surface area contributed by atoms with Crippen LogP contribution in [0.5, 0.6) is 0 Å². The molecule has 0 fully saturated rings. The van der Waals surface area contributed by atoms with Crippen molar-refractivity contribution in [3.05, 3.63) is 20.1 Å². The summed E-state index contributed by atoms with van der Waals surface area (Å²) in [6.45, 7) is 5.32. The topological polar surface area (TPSA) is 43.4 Å². The number of allylic oxidation sites excluding steroid dienone is 1. The number of esters is 1. The van der Waals surface area contributed by atoms with Gasteiger partial charge in [0.15, 0.2) is 5.78 Å². The van der Waals surface area contributed by atoms with E-state index in [4.69, 9.17) is 4.74 Å². The van der Waals surface area contributed by atoms with Crippen LogP contribution in [-0.4, -0.2) is 18.4 Å². The van der Waals surface area contributed by atoms with Crippen LogP contribution in [0.25, 0.3) is 0 Å². The van der Waals surface area contributed by atoms with Gasteiger partial charge in [0, 0.05) is 0 Å². The Morgan fingerprint density at radius 2 is 2.13 bits per heavy atom. The van der Waals surface area contributed by atoms with E-state index in [1.807, 2.05) is 12.3 Å². The van der Waals surface area contributed by atoms with Crippen LogP contribution in [0.3, 0.4) is 0 Å². The van der Waals surface area contributed by atoms with Crippen LogP contribution < -0.4 is 0 Å². The summed E-state index contributed by atoms with van der Waals surface area (Å²) in [4.78, 5) is 24.0. The van der Waals surface area contributed by atoms with Gasteiger partial charge in [-0.05, 0) is 31.1 Å². The van der Waals surface area contributed by atoms with Gasteiger partial charge in [-0.2, -0.15) is 0 Å². The number of carbonyl (C=O) groups is 2. The molecule has 0 aromatic carbocycles. The SMILES string of the molecule is CCOC(=O)/C(C(C)=O)=C1/SC=C(C)S1.